The molecule has 1 N–H and O–H groups in total. The number of benzene rings is 2. The fourth-order valence-electron chi connectivity index (χ4n) is 1.88. The van der Waals surface area contributed by atoms with E-state index in [1.807, 2.05) is 42.5 Å². The molecule has 0 saturated heterocycles. The second kappa shape index (κ2) is 8.05. The molecule has 6 heteroatoms. The van der Waals surface area contributed by atoms with Crippen LogP contribution in [0.1, 0.15) is 5.56 Å². The molecule has 2 aromatic carbocycles. The molecule has 0 radical (unpaired) electrons. The average Bonchev–Trinajstić information content (AvgIpc) is 2.59. The zero-order valence-corrected chi connectivity index (χ0v) is 13.4. The van der Waals surface area contributed by atoms with Gasteiger partial charge in [-0.15, -0.1) is 0 Å². The van der Waals surface area contributed by atoms with Crippen molar-refractivity contribution in [2.75, 3.05) is 26.6 Å². The van der Waals surface area contributed by atoms with E-state index in [1.54, 1.807) is 13.2 Å². The van der Waals surface area contributed by atoms with Crippen LogP contribution in [0.4, 0.5) is 10.5 Å². The van der Waals surface area contributed by atoms with E-state index in [-0.39, 0.29) is 6.03 Å². The van der Waals surface area contributed by atoms with Crippen LogP contribution >= 0.6 is 0 Å². The van der Waals surface area contributed by atoms with Crippen molar-refractivity contribution in [1.82, 2.24) is 5.06 Å². The lowest BCUT2D eigenvalue weighted by Crippen LogP contribution is -2.30. The Kier molecular flexibility index (Phi) is 5.82. The van der Waals surface area contributed by atoms with Crippen LogP contribution in [0.3, 0.4) is 0 Å². The normalized spacial score (nSPS) is 10.0. The van der Waals surface area contributed by atoms with E-state index in [4.69, 9.17) is 14.3 Å². The minimum atomic E-state index is -0.349. The van der Waals surface area contributed by atoms with Crippen molar-refractivity contribution < 1.29 is 19.1 Å². The smallest absolute Gasteiger partial charge is 0.345 e. The van der Waals surface area contributed by atoms with Gasteiger partial charge in [0.2, 0.25) is 0 Å². The second-order valence-corrected chi connectivity index (χ2v) is 4.78. The number of urea groups is 1. The summed E-state index contributed by atoms with van der Waals surface area (Å²) in [4.78, 5) is 16.6. The predicted molar refractivity (Wildman–Crippen MR) is 87.6 cm³/mol. The Morgan fingerprint density at radius 3 is 2.57 bits per heavy atom. The average molecular weight is 316 g/mol. The van der Waals surface area contributed by atoms with Gasteiger partial charge >= 0.3 is 6.03 Å². The highest BCUT2D eigenvalue weighted by Crippen LogP contribution is 2.20. The molecule has 2 aromatic rings. The zero-order valence-electron chi connectivity index (χ0n) is 13.4. The van der Waals surface area contributed by atoms with E-state index in [1.165, 1.54) is 14.2 Å². The Morgan fingerprint density at radius 1 is 1.09 bits per heavy atom. The Labute approximate surface area is 135 Å². The van der Waals surface area contributed by atoms with Gasteiger partial charge in [0.05, 0.1) is 14.2 Å². The molecular weight excluding hydrogens is 296 g/mol. The topological polar surface area (TPSA) is 60.0 Å². The third-order valence-corrected chi connectivity index (χ3v) is 3.18. The van der Waals surface area contributed by atoms with Gasteiger partial charge in [-0.2, -0.15) is 0 Å². The molecule has 122 valence electrons. The number of carbonyl (C=O) groups excluding carboxylic acids is 1. The first kappa shape index (κ1) is 16.6. The van der Waals surface area contributed by atoms with E-state index in [2.05, 4.69) is 5.32 Å². The summed E-state index contributed by atoms with van der Waals surface area (Å²) in [5, 5.41) is 3.85. The number of hydroxylamine groups is 2. The van der Waals surface area contributed by atoms with Gasteiger partial charge in [-0.3, -0.25) is 4.84 Å². The first-order chi connectivity index (χ1) is 11.1. The predicted octanol–water partition coefficient (Wildman–Crippen LogP) is 3.30. The van der Waals surface area contributed by atoms with Gasteiger partial charge in [-0.25, -0.2) is 9.86 Å². The minimum Gasteiger partial charge on any atom is -0.497 e. The molecule has 0 aliphatic rings. The molecule has 0 aliphatic carbocycles. The molecule has 2 rings (SSSR count). The summed E-state index contributed by atoms with van der Waals surface area (Å²) in [7, 11) is 4.57. The van der Waals surface area contributed by atoms with E-state index in [0.29, 0.717) is 12.3 Å². The largest absolute Gasteiger partial charge is 0.497 e. The Balaban J connectivity index is 1.98. The van der Waals surface area contributed by atoms with Crippen LogP contribution in [-0.2, 0) is 11.4 Å². The summed E-state index contributed by atoms with van der Waals surface area (Å²) in [5.74, 6) is 1.46. The number of ether oxygens (including phenoxy) is 2. The van der Waals surface area contributed by atoms with Gasteiger partial charge < -0.3 is 14.8 Å². The van der Waals surface area contributed by atoms with Gasteiger partial charge in [0, 0.05) is 18.8 Å². The monoisotopic (exact) mass is 316 g/mol. The van der Waals surface area contributed by atoms with Crippen LogP contribution in [0, 0.1) is 0 Å². The van der Waals surface area contributed by atoms with Crippen molar-refractivity contribution in [1.29, 1.82) is 0 Å². The number of nitrogens with zero attached hydrogens (tertiary/aromatic N) is 1. The molecular formula is C17H20N2O4. The maximum Gasteiger partial charge on any atom is 0.345 e. The second-order valence-electron chi connectivity index (χ2n) is 4.78. The summed E-state index contributed by atoms with van der Waals surface area (Å²) in [6.45, 7) is 0.386. The van der Waals surface area contributed by atoms with Crippen LogP contribution < -0.4 is 14.8 Å². The van der Waals surface area contributed by atoms with Gasteiger partial charge in [0.1, 0.15) is 18.1 Å². The van der Waals surface area contributed by atoms with Crippen molar-refractivity contribution in [3.63, 3.8) is 0 Å². The van der Waals surface area contributed by atoms with E-state index >= 15 is 0 Å². The highest BCUT2D eigenvalue weighted by atomic mass is 16.7. The number of methoxy groups -OCH3 is 1. The van der Waals surface area contributed by atoms with E-state index < -0.39 is 0 Å². The molecule has 23 heavy (non-hydrogen) atoms. The maximum atomic E-state index is 11.7. The minimum absolute atomic E-state index is 0.349. The summed E-state index contributed by atoms with van der Waals surface area (Å²) >= 11 is 0. The van der Waals surface area contributed by atoms with E-state index in [0.717, 1.165) is 22.1 Å². The highest BCUT2D eigenvalue weighted by Gasteiger charge is 2.08. The molecule has 0 unspecified atom stereocenters. The van der Waals surface area contributed by atoms with Crippen LogP contribution in [0.5, 0.6) is 11.5 Å². The van der Waals surface area contributed by atoms with E-state index in [9.17, 15) is 4.79 Å². The molecule has 0 atom stereocenters. The zero-order chi connectivity index (χ0) is 16.7. The lowest BCUT2D eigenvalue weighted by molar-refractivity contribution is -0.0598. The number of carbonyl (C=O) groups is 1. The number of hydrogen-bond acceptors (Lipinski definition) is 4. The third-order valence-electron chi connectivity index (χ3n) is 3.18. The molecule has 0 fully saturated rings. The Bertz CT molecular complexity index is 661. The summed E-state index contributed by atoms with van der Waals surface area (Å²) in [6.07, 6.45) is 0. The number of nitrogens with one attached hydrogen (secondary N) is 1. The first-order valence-electron chi connectivity index (χ1n) is 7.07. The maximum absolute atomic E-state index is 11.7. The van der Waals surface area contributed by atoms with Crippen molar-refractivity contribution in [3.8, 4) is 11.5 Å². The summed E-state index contributed by atoms with van der Waals surface area (Å²) < 4.78 is 10.9. The molecule has 2 amide bonds. The molecule has 0 bridgehead atoms. The first-order valence-corrected chi connectivity index (χ1v) is 7.07. The summed E-state index contributed by atoms with van der Waals surface area (Å²) in [5.41, 5.74) is 1.61. The Morgan fingerprint density at radius 2 is 1.83 bits per heavy atom. The molecule has 0 aromatic heterocycles. The molecule has 6 nitrogen and oxygen atoms in total. The van der Waals surface area contributed by atoms with Crippen molar-refractivity contribution >= 4 is 11.7 Å². The lowest BCUT2D eigenvalue weighted by atomic mass is 10.2. The highest BCUT2D eigenvalue weighted by molar-refractivity contribution is 5.88. The van der Waals surface area contributed by atoms with Crippen molar-refractivity contribution in [2.24, 2.45) is 0 Å². The molecule has 0 heterocycles. The van der Waals surface area contributed by atoms with Crippen molar-refractivity contribution in [3.05, 3.63) is 54.1 Å². The van der Waals surface area contributed by atoms with Crippen LogP contribution in [0.15, 0.2) is 48.5 Å². The molecule has 0 spiro atoms. The molecule has 0 saturated carbocycles. The fraction of sp³-hybridized carbons (Fsp3) is 0.235. The van der Waals surface area contributed by atoms with Gasteiger partial charge in [0.25, 0.3) is 0 Å². The Hall–Kier alpha value is -2.73. The third kappa shape index (κ3) is 4.89. The van der Waals surface area contributed by atoms with Crippen LogP contribution in [0.2, 0.25) is 0 Å². The number of anilines is 1. The standard InChI is InChI=1S/C17H20N2O4/c1-19(22-3)17(20)18-14-7-4-6-13(10-14)12-23-16-9-5-8-15(11-16)21-2/h4-11H,12H2,1-3H3,(H,18,20). The lowest BCUT2D eigenvalue weighted by Gasteiger charge is -2.15. The van der Waals surface area contributed by atoms with Crippen LogP contribution in [-0.4, -0.2) is 32.4 Å². The van der Waals surface area contributed by atoms with Gasteiger partial charge in [0.15, 0.2) is 0 Å². The van der Waals surface area contributed by atoms with Crippen molar-refractivity contribution in [2.45, 2.75) is 6.61 Å². The fourth-order valence-corrected chi connectivity index (χ4v) is 1.88. The number of hydrogen-bond donors (Lipinski definition) is 1. The number of rotatable bonds is 6. The van der Waals surface area contributed by atoms with Gasteiger partial charge in [-0.05, 0) is 29.8 Å². The quantitative estimate of drug-likeness (QED) is 0.831. The summed E-state index contributed by atoms with van der Waals surface area (Å²) in [6, 6.07) is 14.5. The SMILES string of the molecule is COc1cccc(OCc2cccc(NC(=O)N(C)OC)c2)c1. The van der Waals surface area contributed by atoms with Gasteiger partial charge in [-0.1, -0.05) is 18.2 Å². The number of amides is 2. The van der Waals surface area contributed by atoms with Crippen LogP contribution in [0.25, 0.3) is 0 Å². The molecule has 0 aliphatic heterocycles.